The topological polar surface area (TPSA) is 57.8 Å². The third kappa shape index (κ3) is 2.67. The van der Waals surface area contributed by atoms with Gasteiger partial charge in [-0.2, -0.15) is 0 Å². The van der Waals surface area contributed by atoms with Crippen LogP contribution in [0.25, 0.3) is 0 Å². The lowest BCUT2D eigenvalue weighted by atomic mass is 9.93. The SMILES string of the molecule is CC1CCc2nc(NC(=O)c3cc(Cl)c[nH]3)sc2C1. The number of hydrogen-bond donors (Lipinski definition) is 2. The van der Waals surface area contributed by atoms with Crippen LogP contribution < -0.4 is 5.32 Å². The van der Waals surface area contributed by atoms with E-state index in [1.54, 1.807) is 23.6 Å². The van der Waals surface area contributed by atoms with E-state index in [2.05, 4.69) is 22.2 Å². The van der Waals surface area contributed by atoms with Crippen LogP contribution in [0.2, 0.25) is 5.02 Å². The minimum absolute atomic E-state index is 0.203. The molecule has 100 valence electrons. The normalized spacial score (nSPS) is 18.1. The number of halogens is 1. The summed E-state index contributed by atoms with van der Waals surface area (Å²) in [4.78, 5) is 20.6. The Kier molecular flexibility index (Phi) is 3.33. The number of fused-ring (bicyclic) bond motifs is 1. The number of nitrogens with zero attached hydrogens (tertiary/aromatic N) is 1. The summed E-state index contributed by atoms with van der Waals surface area (Å²) >= 11 is 7.36. The number of hydrogen-bond acceptors (Lipinski definition) is 3. The third-order valence-corrected chi connectivity index (χ3v) is 4.55. The molecule has 2 aromatic heterocycles. The van der Waals surface area contributed by atoms with E-state index in [-0.39, 0.29) is 5.91 Å². The Hall–Kier alpha value is -1.33. The van der Waals surface area contributed by atoms with Gasteiger partial charge in [0.15, 0.2) is 5.13 Å². The lowest BCUT2D eigenvalue weighted by molar-refractivity contribution is 0.102. The number of rotatable bonds is 2. The van der Waals surface area contributed by atoms with Crippen molar-refractivity contribution in [2.45, 2.75) is 26.2 Å². The molecule has 1 atom stereocenters. The molecule has 0 fully saturated rings. The molecule has 2 heterocycles. The van der Waals surface area contributed by atoms with Crippen LogP contribution in [0.4, 0.5) is 5.13 Å². The number of nitrogens with one attached hydrogen (secondary N) is 2. The summed E-state index contributed by atoms with van der Waals surface area (Å²) in [5.41, 5.74) is 1.59. The zero-order valence-electron chi connectivity index (χ0n) is 10.5. The zero-order valence-corrected chi connectivity index (χ0v) is 12.1. The fourth-order valence-corrected chi connectivity index (χ4v) is 3.59. The number of carbonyl (C=O) groups is 1. The summed E-state index contributed by atoms with van der Waals surface area (Å²) in [5.74, 6) is 0.504. The van der Waals surface area contributed by atoms with Gasteiger partial charge in [-0.15, -0.1) is 11.3 Å². The zero-order chi connectivity index (χ0) is 13.4. The van der Waals surface area contributed by atoms with Crippen molar-refractivity contribution < 1.29 is 4.79 Å². The fraction of sp³-hybridized carbons (Fsp3) is 0.385. The van der Waals surface area contributed by atoms with E-state index in [4.69, 9.17) is 11.6 Å². The second kappa shape index (κ2) is 4.98. The van der Waals surface area contributed by atoms with Crippen LogP contribution in [0.1, 0.15) is 34.4 Å². The molecule has 0 bridgehead atoms. The maximum atomic E-state index is 12.0. The fourth-order valence-electron chi connectivity index (χ4n) is 2.26. The predicted octanol–water partition coefficient (Wildman–Crippen LogP) is 3.50. The van der Waals surface area contributed by atoms with Crippen LogP contribution in [-0.2, 0) is 12.8 Å². The Morgan fingerprint density at radius 1 is 1.63 bits per heavy atom. The van der Waals surface area contributed by atoms with Crippen LogP contribution in [-0.4, -0.2) is 15.9 Å². The van der Waals surface area contributed by atoms with Crippen LogP contribution >= 0.6 is 22.9 Å². The highest BCUT2D eigenvalue weighted by atomic mass is 35.5. The molecule has 3 rings (SSSR count). The molecule has 0 saturated heterocycles. The molecule has 6 heteroatoms. The smallest absolute Gasteiger partial charge is 0.273 e. The highest BCUT2D eigenvalue weighted by Gasteiger charge is 2.20. The number of H-pyrrole nitrogens is 1. The number of aromatic nitrogens is 2. The van der Waals surface area contributed by atoms with Gasteiger partial charge in [-0.05, 0) is 31.2 Å². The quantitative estimate of drug-likeness (QED) is 0.891. The minimum atomic E-state index is -0.203. The molecule has 0 aromatic carbocycles. The lowest BCUT2D eigenvalue weighted by Crippen LogP contribution is -2.12. The number of aromatic amines is 1. The maximum Gasteiger partial charge on any atom is 0.273 e. The van der Waals surface area contributed by atoms with Gasteiger partial charge in [-0.25, -0.2) is 4.98 Å². The second-order valence-corrected chi connectivity index (χ2v) is 6.44. The van der Waals surface area contributed by atoms with Gasteiger partial charge in [0.1, 0.15) is 5.69 Å². The number of thiazole rings is 1. The van der Waals surface area contributed by atoms with Crippen molar-refractivity contribution in [2.75, 3.05) is 5.32 Å². The summed E-state index contributed by atoms with van der Waals surface area (Å²) in [6.45, 7) is 2.25. The molecule has 1 unspecified atom stereocenters. The molecule has 4 nitrogen and oxygen atoms in total. The number of anilines is 1. The van der Waals surface area contributed by atoms with Crippen LogP contribution in [0, 0.1) is 5.92 Å². The Morgan fingerprint density at radius 3 is 3.21 bits per heavy atom. The molecule has 2 aromatic rings. The van der Waals surface area contributed by atoms with Gasteiger partial charge in [0, 0.05) is 11.1 Å². The lowest BCUT2D eigenvalue weighted by Gasteiger charge is -2.15. The standard InChI is InChI=1S/C13H14ClN3OS/c1-7-2-3-9-11(4-7)19-13(16-9)17-12(18)10-5-8(14)6-15-10/h5-7,15H,2-4H2,1H3,(H,16,17,18). The summed E-state index contributed by atoms with van der Waals surface area (Å²) in [5, 5.41) is 4.02. The average Bonchev–Trinajstić information content (AvgIpc) is 2.94. The first kappa shape index (κ1) is 12.7. The van der Waals surface area contributed by atoms with Crippen LogP contribution in [0.15, 0.2) is 12.3 Å². The first-order chi connectivity index (χ1) is 9.11. The molecule has 0 radical (unpaired) electrons. The second-order valence-electron chi connectivity index (χ2n) is 4.92. The maximum absolute atomic E-state index is 12.0. The van der Waals surface area contributed by atoms with Gasteiger partial charge in [0.05, 0.1) is 10.7 Å². The van der Waals surface area contributed by atoms with Crippen molar-refractivity contribution in [3.63, 3.8) is 0 Å². The minimum Gasteiger partial charge on any atom is -0.356 e. The van der Waals surface area contributed by atoms with Gasteiger partial charge in [-0.1, -0.05) is 18.5 Å². The van der Waals surface area contributed by atoms with Crippen LogP contribution in [0.5, 0.6) is 0 Å². The van der Waals surface area contributed by atoms with E-state index in [1.165, 1.54) is 11.3 Å². The molecule has 0 aliphatic heterocycles. The molecule has 1 aliphatic carbocycles. The molecule has 1 amide bonds. The first-order valence-electron chi connectivity index (χ1n) is 6.25. The van der Waals surface area contributed by atoms with Gasteiger partial charge >= 0.3 is 0 Å². The Labute approximate surface area is 120 Å². The van der Waals surface area contributed by atoms with E-state index in [0.717, 1.165) is 18.5 Å². The van der Waals surface area contributed by atoms with Gasteiger partial charge in [-0.3, -0.25) is 10.1 Å². The van der Waals surface area contributed by atoms with Crippen molar-refractivity contribution in [3.05, 3.63) is 33.6 Å². The molecular weight excluding hydrogens is 282 g/mol. The molecule has 0 spiro atoms. The predicted molar refractivity (Wildman–Crippen MR) is 77.1 cm³/mol. The van der Waals surface area contributed by atoms with Gasteiger partial charge < -0.3 is 4.98 Å². The summed E-state index contributed by atoms with van der Waals surface area (Å²) < 4.78 is 0. The van der Waals surface area contributed by atoms with Gasteiger partial charge in [0.25, 0.3) is 5.91 Å². The molecule has 2 N–H and O–H groups in total. The molecule has 1 aliphatic rings. The summed E-state index contributed by atoms with van der Waals surface area (Å²) in [6.07, 6.45) is 4.84. The number of carbonyl (C=O) groups excluding carboxylic acids is 1. The monoisotopic (exact) mass is 295 g/mol. The van der Waals surface area contributed by atoms with Crippen LogP contribution in [0.3, 0.4) is 0 Å². The molecule has 0 saturated carbocycles. The summed E-state index contributed by atoms with van der Waals surface area (Å²) in [6, 6.07) is 1.60. The summed E-state index contributed by atoms with van der Waals surface area (Å²) in [7, 11) is 0. The van der Waals surface area contributed by atoms with Crippen molar-refractivity contribution in [2.24, 2.45) is 5.92 Å². The average molecular weight is 296 g/mol. The largest absolute Gasteiger partial charge is 0.356 e. The van der Waals surface area contributed by atoms with Crippen molar-refractivity contribution in [1.82, 2.24) is 9.97 Å². The van der Waals surface area contributed by atoms with E-state index >= 15 is 0 Å². The van der Waals surface area contributed by atoms with E-state index in [9.17, 15) is 4.79 Å². The first-order valence-corrected chi connectivity index (χ1v) is 7.45. The van der Waals surface area contributed by atoms with Crippen molar-refractivity contribution in [1.29, 1.82) is 0 Å². The van der Waals surface area contributed by atoms with Crippen molar-refractivity contribution >= 4 is 34.0 Å². The Morgan fingerprint density at radius 2 is 2.47 bits per heavy atom. The van der Waals surface area contributed by atoms with E-state index < -0.39 is 0 Å². The van der Waals surface area contributed by atoms with E-state index in [0.29, 0.717) is 21.8 Å². The van der Waals surface area contributed by atoms with Gasteiger partial charge in [0.2, 0.25) is 0 Å². The third-order valence-electron chi connectivity index (χ3n) is 3.30. The molecular formula is C13H14ClN3OS. The number of amides is 1. The number of aryl methyl sites for hydroxylation is 1. The van der Waals surface area contributed by atoms with E-state index in [1.807, 2.05) is 0 Å². The highest BCUT2D eigenvalue weighted by molar-refractivity contribution is 7.15. The Balaban J connectivity index is 1.75. The highest BCUT2D eigenvalue weighted by Crippen LogP contribution is 2.32. The molecule has 19 heavy (non-hydrogen) atoms. The van der Waals surface area contributed by atoms with Crippen molar-refractivity contribution in [3.8, 4) is 0 Å². The Bertz CT molecular complexity index is 619.